The SMILES string of the molecule is COc1ccc(-c2nnc(Br)s2)c(F)c1. The highest BCUT2D eigenvalue weighted by Gasteiger charge is 2.10. The average molecular weight is 289 g/mol. The van der Waals surface area contributed by atoms with Gasteiger partial charge in [0.15, 0.2) is 8.92 Å². The van der Waals surface area contributed by atoms with Crippen molar-refractivity contribution < 1.29 is 9.13 Å². The van der Waals surface area contributed by atoms with Crippen LogP contribution >= 0.6 is 27.3 Å². The largest absolute Gasteiger partial charge is 0.497 e. The summed E-state index contributed by atoms with van der Waals surface area (Å²) in [5.41, 5.74) is 0.430. The van der Waals surface area contributed by atoms with Gasteiger partial charge in [-0.15, -0.1) is 10.2 Å². The van der Waals surface area contributed by atoms with Crippen molar-refractivity contribution in [1.29, 1.82) is 0 Å². The summed E-state index contributed by atoms with van der Waals surface area (Å²) < 4.78 is 19.1. The molecular weight excluding hydrogens is 283 g/mol. The van der Waals surface area contributed by atoms with Crippen LogP contribution in [0, 0.1) is 5.82 Å². The lowest BCUT2D eigenvalue weighted by Gasteiger charge is -2.01. The third-order valence-corrected chi connectivity index (χ3v) is 3.20. The van der Waals surface area contributed by atoms with Crippen LogP contribution in [-0.4, -0.2) is 17.3 Å². The number of methoxy groups -OCH3 is 1. The van der Waals surface area contributed by atoms with Gasteiger partial charge in [-0.05, 0) is 28.1 Å². The van der Waals surface area contributed by atoms with Gasteiger partial charge in [0.25, 0.3) is 0 Å². The summed E-state index contributed by atoms with van der Waals surface area (Å²) in [7, 11) is 1.50. The molecule has 1 aromatic heterocycles. The van der Waals surface area contributed by atoms with Crippen LogP contribution in [0.2, 0.25) is 0 Å². The van der Waals surface area contributed by atoms with E-state index in [9.17, 15) is 4.39 Å². The second kappa shape index (κ2) is 4.24. The summed E-state index contributed by atoms with van der Waals surface area (Å²) in [4.78, 5) is 0. The monoisotopic (exact) mass is 288 g/mol. The van der Waals surface area contributed by atoms with Crippen molar-refractivity contribution in [2.45, 2.75) is 0 Å². The fraction of sp³-hybridized carbons (Fsp3) is 0.111. The van der Waals surface area contributed by atoms with E-state index < -0.39 is 0 Å². The zero-order valence-electron chi connectivity index (χ0n) is 7.70. The molecule has 0 aliphatic rings. The summed E-state index contributed by atoms with van der Waals surface area (Å²) in [5, 5.41) is 8.15. The Bertz CT molecular complexity index is 489. The molecule has 3 nitrogen and oxygen atoms in total. The molecule has 78 valence electrons. The third kappa shape index (κ3) is 2.15. The number of rotatable bonds is 2. The Morgan fingerprint density at radius 1 is 1.40 bits per heavy atom. The van der Waals surface area contributed by atoms with Gasteiger partial charge in [0.2, 0.25) is 0 Å². The van der Waals surface area contributed by atoms with E-state index in [1.54, 1.807) is 12.1 Å². The van der Waals surface area contributed by atoms with Crippen LogP contribution in [0.3, 0.4) is 0 Å². The van der Waals surface area contributed by atoms with Crippen molar-refractivity contribution >= 4 is 27.3 Å². The minimum Gasteiger partial charge on any atom is -0.497 e. The minimum absolute atomic E-state index is 0.363. The van der Waals surface area contributed by atoms with Crippen molar-refractivity contribution in [3.05, 3.63) is 27.9 Å². The number of hydrogen-bond donors (Lipinski definition) is 0. The summed E-state index contributed by atoms with van der Waals surface area (Å²) in [5.74, 6) is 0.123. The van der Waals surface area contributed by atoms with E-state index in [2.05, 4.69) is 26.1 Å². The molecule has 1 heterocycles. The van der Waals surface area contributed by atoms with E-state index in [1.807, 2.05) is 0 Å². The van der Waals surface area contributed by atoms with Crippen LogP contribution in [-0.2, 0) is 0 Å². The maximum absolute atomic E-state index is 13.6. The summed E-state index contributed by atoms with van der Waals surface area (Å²) in [6, 6.07) is 4.64. The van der Waals surface area contributed by atoms with Gasteiger partial charge in [0, 0.05) is 11.6 Å². The van der Waals surface area contributed by atoms with Crippen molar-refractivity contribution in [3.8, 4) is 16.3 Å². The number of hydrogen-bond acceptors (Lipinski definition) is 4. The van der Waals surface area contributed by atoms with Crippen molar-refractivity contribution in [3.63, 3.8) is 0 Å². The van der Waals surface area contributed by atoms with Crippen LogP contribution in [0.15, 0.2) is 22.1 Å². The number of ether oxygens (including phenoxy) is 1. The lowest BCUT2D eigenvalue weighted by atomic mass is 10.2. The number of nitrogens with zero attached hydrogens (tertiary/aromatic N) is 2. The molecule has 1 aromatic carbocycles. The van der Waals surface area contributed by atoms with Gasteiger partial charge in [-0.1, -0.05) is 11.3 Å². The first-order chi connectivity index (χ1) is 7.20. The highest BCUT2D eigenvalue weighted by molar-refractivity contribution is 9.11. The second-order valence-corrected chi connectivity index (χ2v) is 4.96. The Morgan fingerprint density at radius 3 is 2.73 bits per heavy atom. The van der Waals surface area contributed by atoms with Crippen LogP contribution in [0.4, 0.5) is 4.39 Å². The fourth-order valence-electron chi connectivity index (χ4n) is 1.11. The quantitative estimate of drug-likeness (QED) is 0.852. The molecule has 0 aliphatic heterocycles. The molecule has 0 saturated heterocycles. The van der Waals surface area contributed by atoms with E-state index in [-0.39, 0.29) is 5.82 Å². The molecule has 2 rings (SSSR count). The van der Waals surface area contributed by atoms with Gasteiger partial charge in [-0.3, -0.25) is 0 Å². The van der Waals surface area contributed by atoms with E-state index in [0.29, 0.717) is 20.2 Å². The molecule has 15 heavy (non-hydrogen) atoms. The van der Waals surface area contributed by atoms with Crippen molar-refractivity contribution in [2.24, 2.45) is 0 Å². The van der Waals surface area contributed by atoms with E-state index in [0.717, 1.165) is 0 Å². The Hall–Kier alpha value is -1.01. The normalized spacial score (nSPS) is 10.3. The first kappa shape index (κ1) is 10.5. The second-order valence-electron chi connectivity index (χ2n) is 2.71. The van der Waals surface area contributed by atoms with Gasteiger partial charge in [0.1, 0.15) is 11.6 Å². The zero-order chi connectivity index (χ0) is 10.8. The maximum atomic E-state index is 13.6. The number of aromatic nitrogens is 2. The molecule has 0 atom stereocenters. The molecule has 0 spiro atoms. The molecule has 6 heteroatoms. The van der Waals surface area contributed by atoms with Crippen LogP contribution < -0.4 is 4.74 Å². The molecule has 0 amide bonds. The van der Waals surface area contributed by atoms with Crippen LogP contribution in [0.25, 0.3) is 10.6 Å². The lowest BCUT2D eigenvalue weighted by Crippen LogP contribution is -1.87. The Kier molecular flexibility index (Phi) is 2.97. The van der Waals surface area contributed by atoms with Gasteiger partial charge < -0.3 is 4.74 Å². The summed E-state index contributed by atoms with van der Waals surface area (Å²) in [6.45, 7) is 0. The molecule has 2 aromatic rings. The van der Waals surface area contributed by atoms with Crippen LogP contribution in [0.1, 0.15) is 0 Å². The highest BCUT2D eigenvalue weighted by Crippen LogP contribution is 2.30. The van der Waals surface area contributed by atoms with Gasteiger partial charge in [-0.2, -0.15) is 0 Å². The summed E-state index contributed by atoms with van der Waals surface area (Å²) >= 11 is 4.46. The molecule has 0 aliphatic carbocycles. The first-order valence-corrected chi connectivity index (χ1v) is 5.64. The zero-order valence-corrected chi connectivity index (χ0v) is 10.1. The molecule has 0 N–H and O–H groups in total. The van der Waals surface area contributed by atoms with E-state index in [1.165, 1.54) is 24.5 Å². The van der Waals surface area contributed by atoms with Crippen molar-refractivity contribution in [2.75, 3.05) is 7.11 Å². The average Bonchev–Trinajstić information content (AvgIpc) is 2.64. The predicted molar refractivity (Wildman–Crippen MR) is 59.6 cm³/mol. The summed E-state index contributed by atoms with van der Waals surface area (Å²) in [6.07, 6.45) is 0. The molecule has 0 fully saturated rings. The standard InChI is InChI=1S/C9H6BrFN2OS/c1-14-5-2-3-6(7(11)4-5)8-12-13-9(10)15-8/h2-4H,1H3. The molecule has 0 bridgehead atoms. The number of halogens is 2. The smallest absolute Gasteiger partial charge is 0.183 e. The Morgan fingerprint density at radius 2 is 2.20 bits per heavy atom. The maximum Gasteiger partial charge on any atom is 0.183 e. The number of benzene rings is 1. The molecule has 0 saturated carbocycles. The third-order valence-electron chi connectivity index (χ3n) is 1.81. The van der Waals surface area contributed by atoms with E-state index >= 15 is 0 Å². The van der Waals surface area contributed by atoms with Crippen molar-refractivity contribution in [1.82, 2.24) is 10.2 Å². The molecule has 0 unspecified atom stereocenters. The van der Waals surface area contributed by atoms with Gasteiger partial charge in [0.05, 0.1) is 7.11 Å². The highest BCUT2D eigenvalue weighted by atomic mass is 79.9. The topological polar surface area (TPSA) is 35.0 Å². The Labute approximate surface area is 98.0 Å². The first-order valence-electron chi connectivity index (χ1n) is 4.03. The van der Waals surface area contributed by atoms with Crippen LogP contribution in [0.5, 0.6) is 5.75 Å². The van der Waals surface area contributed by atoms with Gasteiger partial charge >= 0.3 is 0 Å². The molecule has 0 radical (unpaired) electrons. The van der Waals surface area contributed by atoms with E-state index in [4.69, 9.17) is 4.74 Å². The fourth-order valence-corrected chi connectivity index (χ4v) is 2.25. The molecular formula is C9H6BrFN2OS. The minimum atomic E-state index is -0.363. The van der Waals surface area contributed by atoms with Gasteiger partial charge in [-0.25, -0.2) is 4.39 Å². The Balaban J connectivity index is 2.45. The lowest BCUT2D eigenvalue weighted by molar-refractivity contribution is 0.411. The predicted octanol–water partition coefficient (Wildman–Crippen LogP) is 3.12.